The molecule has 5 nitrogen and oxygen atoms in total. The largest absolute Gasteiger partial charge is 0.501 e. The highest BCUT2D eigenvalue weighted by molar-refractivity contribution is 6.54. The van der Waals surface area contributed by atoms with Crippen molar-refractivity contribution < 1.29 is 14.6 Å². The van der Waals surface area contributed by atoms with E-state index in [0.29, 0.717) is 11.1 Å². The van der Waals surface area contributed by atoms with Gasteiger partial charge in [0.05, 0.1) is 11.3 Å². The molecule has 5 heteroatoms. The molecule has 1 heterocycles. The summed E-state index contributed by atoms with van der Waals surface area (Å²) in [7, 11) is 0. The maximum atomic E-state index is 10.00. The van der Waals surface area contributed by atoms with Crippen LogP contribution in [0.5, 0.6) is 11.7 Å². The van der Waals surface area contributed by atoms with Crippen LogP contribution in [0, 0.1) is 10.8 Å². The van der Waals surface area contributed by atoms with Gasteiger partial charge >= 0.3 is 5.95 Å². The van der Waals surface area contributed by atoms with Gasteiger partial charge in [-0.1, -0.05) is 24.3 Å². The minimum atomic E-state index is -0.626. The van der Waals surface area contributed by atoms with Crippen LogP contribution in [-0.2, 0) is 0 Å². The van der Waals surface area contributed by atoms with E-state index < -0.39 is 11.7 Å². The van der Waals surface area contributed by atoms with E-state index in [2.05, 4.69) is 0 Å². The van der Waals surface area contributed by atoms with E-state index in [1.807, 2.05) is 36.4 Å². The summed E-state index contributed by atoms with van der Waals surface area (Å²) < 4.78 is 5.03. The van der Waals surface area contributed by atoms with E-state index in [-0.39, 0.29) is 22.7 Å². The number of fused-ring (bicyclic) bond motifs is 4. The van der Waals surface area contributed by atoms with Crippen LogP contribution in [-0.4, -0.2) is 21.6 Å². The fourth-order valence-electron chi connectivity index (χ4n) is 2.74. The van der Waals surface area contributed by atoms with Gasteiger partial charge in [0.25, 0.3) is 0 Å². The molecular formula is C16H10N2O3. The Morgan fingerprint density at radius 1 is 0.857 bits per heavy atom. The molecular weight excluding hydrogens is 268 g/mol. The van der Waals surface area contributed by atoms with Gasteiger partial charge in [-0.3, -0.25) is 10.8 Å². The third-order valence-corrected chi connectivity index (χ3v) is 3.77. The summed E-state index contributed by atoms with van der Waals surface area (Å²) >= 11 is 0. The molecule has 2 aromatic carbocycles. The van der Waals surface area contributed by atoms with Crippen molar-refractivity contribution in [1.82, 2.24) is 0 Å². The van der Waals surface area contributed by atoms with E-state index in [0.717, 1.165) is 10.8 Å². The molecule has 0 radical (unpaired) electrons. The molecule has 0 aliphatic heterocycles. The molecule has 21 heavy (non-hydrogen) atoms. The second kappa shape index (κ2) is 3.73. The molecule has 1 aliphatic carbocycles. The van der Waals surface area contributed by atoms with Gasteiger partial charge in [0.1, 0.15) is 5.71 Å². The van der Waals surface area contributed by atoms with E-state index in [9.17, 15) is 10.2 Å². The lowest BCUT2D eigenvalue weighted by Gasteiger charge is -2.18. The van der Waals surface area contributed by atoms with E-state index in [1.165, 1.54) is 0 Å². The van der Waals surface area contributed by atoms with E-state index in [4.69, 9.17) is 15.2 Å². The van der Waals surface area contributed by atoms with Crippen molar-refractivity contribution in [1.29, 1.82) is 10.8 Å². The van der Waals surface area contributed by atoms with Crippen LogP contribution in [0.2, 0.25) is 0 Å². The van der Waals surface area contributed by atoms with Crippen LogP contribution >= 0.6 is 0 Å². The fourth-order valence-corrected chi connectivity index (χ4v) is 2.74. The number of benzene rings is 2. The van der Waals surface area contributed by atoms with Crippen molar-refractivity contribution in [2.45, 2.75) is 0 Å². The Morgan fingerprint density at radius 3 is 2.14 bits per heavy atom. The molecule has 4 rings (SSSR count). The van der Waals surface area contributed by atoms with Gasteiger partial charge in [-0.05, 0) is 28.5 Å². The molecule has 0 saturated heterocycles. The van der Waals surface area contributed by atoms with E-state index in [1.54, 1.807) is 0 Å². The predicted octanol–water partition coefficient (Wildman–Crippen LogP) is 3.26. The lowest BCUT2D eigenvalue weighted by atomic mass is 9.85. The number of hydrogen-bond donors (Lipinski definition) is 4. The predicted molar refractivity (Wildman–Crippen MR) is 78.6 cm³/mol. The Morgan fingerprint density at radius 2 is 1.48 bits per heavy atom. The molecule has 0 saturated carbocycles. The van der Waals surface area contributed by atoms with Gasteiger partial charge in [0.15, 0.2) is 5.76 Å². The normalized spacial score (nSPS) is 13.3. The first kappa shape index (κ1) is 11.7. The minimum absolute atomic E-state index is 0.0111. The Labute approximate surface area is 119 Å². The lowest BCUT2D eigenvalue weighted by Crippen LogP contribution is -2.20. The average molecular weight is 278 g/mol. The third-order valence-electron chi connectivity index (χ3n) is 3.77. The molecule has 3 aromatic rings. The van der Waals surface area contributed by atoms with Gasteiger partial charge in [0, 0.05) is 5.56 Å². The zero-order chi connectivity index (χ0) is 14.7. The number of aromatic hydroxyl groups is 2. The maximum Gasteiger partial charge on any atom is 0.327 e. The van der Waals surface area contributed by atoms with Crippen molar-refractivity contribution in [2.75, 3.05) is 0 Å². The van der Waals surface area contributed by atoms with E-state index >= 15 is 0 Å². The first-order valence-corrected chi connectivity index (χ1v) is 6.34. The molecule has 0 bridgehead atoms. The lowest BCUT2D eigenvalue weighted by molar-refractivity contribution is 0.305. The maximum absolute atomic E-state index is 10.00. The fraction of sp³-hybridized carbons (Fsp3) is 0. The summed E-state index contributed by atoms with van der Waals surface area (Å²) in [5.41, 5.74) is 1.27. The highest BCUT2D eigenvalue weighted by Gasteiger charge is 2.33. The SMILES string of the molecule is N=C1C(=N)c2oc(O)c(O)c2-c2cc3ccccc3cc21. The summed E-state index contributed by atoms with van der Waals surface area (Å²) in [6.07, 6.45) is 0. The van der Waals surface area contributed by atoms with Crippen molar-refractivity contribution in [3.8, 4) is 22.8 Å². The molecule has 1 aromatic heterocycles. The Balaban J connectivity index is 2.17. The van der Waals surface area contributed by atoms with Crippen LogP contribution in [0.15, 0.2) is 40.8 Å². The standard InChI is InChI=1S/C16H10N2O3/c17-12-10-6-8-4-2-1-3-7(8)5-9(10)11-14(19)16(20)21-15(11)13(12)18/h1-6,17-20H. The molecule has 1 aliphatic rings. The Bertz CT molecular complexity index is 954. The van der Waals surface area contributed by atoms with Gasteiger partial charge in [-0.2, -0.15) is 0 Å². The van der Waals surface area contributed by atoms with Crippen molar-refractivity contribution in [3.05, 3.63) is 47.7 Å². The second-order valence-electron chi connectivity index (χ2n) is 4.95. The second-order valence-corrected chi connectivity index (χ2v) is 4.95. The first-order valence-electron chi connectivity index (χ1n) is 6.34. The zero-order valence-electron chi connectivity index (χ0n) is 10.8. The van der Waals surface area contributed by atoms with Crippen LogP contribution in [0.3, 0.4) is 0 Å². The molecule has 0 fully saturated rings. The third kappa shape index (κ3) is 1.40. The number of hydrogen-bond acceptors (Lipinski definition) is 5. The molecule has 0 spiro atoms. The van der Waals surface area contributed by atoms with Crippen LogP contribution in [0.25, 0.3) is 21.9 Å². The summed E-state index contributed by atoms with van der Waals surface area (Å²) in [5, 5.41) is 37.6. The van der Waals surface area contributed by atoms with Gasteiger partial charge < -0.3 is 14.6 Å². The van der Waals surface area contributed by atoms with Crippen molar-refractivity contribution >= 4 is 22.2 Å². The minimum Gasteiger partial charge on any atom is -0.501 e. The molecule has 4 N–H and O–H groups in total. The molecule has 0 amide bonds. The number of furan rings is 1. The average Bonchev–Trinajstić information content (AvgIpc) is 2.79. The van der Waals surface area contributed by atoms with Gasteiger partial charge in [0.2, 0.25) is 5.75 Å². The summed E-state index contributed by atoms with van der Waals surface area (Å²) in [6.45, 7) is 0. The molecule has 0 unspecified atom stereocenters. The molecule has 0 atom stereocenters. The first-order chi connectivity index (χ1) is 10.1. The number of nitrogens with one attached hydrogen (secondary N) is 2. The topological polar surface area (TPSA) is 101 Å². The van der Waals surface area contributed by atoms with Gasteiger partial charge in [-0.15, -0.1) is 0 Å². The van der Waals surface area contributed by atoms with Crippen LogP contribution < -0.4 is 0 Å². The highest BCUT2D eigenvalue weighted by atomic mass is 16.5. The Hall–Kier alpha value is -3.08. The van der Waals surface area contributed by atoms with Crippen LogP contribution in [0.4, 0.5) is 0 Å². The van der Waals surface area contributed by atoms with Crippen molar-refractivity contribution in [3.63, 3.8) is 0 Å². The van der Waals surface area contributed by atoms with Gasteiger partial charge in [-0.25, -0.2) is 0 Å². The summed E-state index contributed by atoms with van der Waals surface area (Å²) in [5.74, 6) is -0.991. The quantitative estimate of drug-likeness (QED) is 0.507. The highest BCUT2D eigenvalue weighted by Crippen LogP contribution is 2.47. The summed E-state index contributed by atoms with van der Waals surface area (Å²) in [4.78, 5) is 0. The summed E-state index contributed by atoms with van der Waals surface area (Å²) in [6, 6.07) is 11.3. The van der Waals surface area contributed by atoms with Crippen molar-refractivity contribution in [2.24, 2.45) is 0 Å². The monoisotopic (exact) mass is 278 g/mol. The Kier molecular flexibility index (Phi) is 2.08. The van der Waals surface area contributed by atoms with Crippen LogP contribution in [0.1, 0.15) is 11.3 Å². The smallest absolute Gasteiger partial charge is 0.327 e. The molecule has 102 valence electrons. The zero-order valence-corrected chi connectivity index (χ0v) is 10.8. The number of rotatable bonds is 0.